The maximum atomic E-state index is 13.2. The Balaban J connectivity index is 1.65. The van der Waals surface area contributed by atoms with Gasteiger partial charge in [-0.25, -0.2) is 19.9 Å². The number of carbonyl (C=O) groups is 1. The molecule has 9 heteroatoms. The molecule has 4 aromatic rings. The molecular weight excluding hydrogens is 454 g/mol. The number of rotatable bonds is 6. The van der Waals surface area contributed by atoms with Gasteiger partial charge in [-0.2, -0.15) is 0 Å². The molecule has 0 saturated carbocycles. The Morgan fingerprint density at radius 3 is 2.50 bits per heavy atom. The van der Waals surface area contributed by atoms with Crippen molar-refractivity contribution in [3.63, 3.8) is 0 Å². The van der Waals surface area contributed by atoms with Crippen molar-refractivity contribution < 1.29 is 9.53 Å². The number of fused-ring (bicyclic) bond motifs is 1. The molecule has 2 heterocycles. The third kappa shape index (κ3) is 5.19. The van der Waals surface area contributed by atoms with Crippen LogP contribution in [0, 0.1) is 6.92 Å². The van der Waals surface area contributed by atoms with Gasteiger partial charge in [-0.05, 0) is 47.7 Å². The number of benzene rings is 2. The number of aryl methyl sites for hydroxylation is 1. The van der Waals surface area contributed by atoms with E-state index in [4.69, 9.17) is 4.74 Å². The number of ether oxygens (including phenoxy) is 1. The van der Waals surface area contributed by atoms with Crippen LogP contribution in [0.25, 0.3) is 11.0 Å². The number of hydrogen-bond donors (Lipinski definition) is 2. The van der Waals surface area contributed by atoms with Gasteiger partial charge in [-0.1, -0.05) is 32.9 Å². The van der Waals surface area contributed by atoms with E-state index in [9.17, 15) is 4.79 Å². The summed E-state index contributed by atoms with van der Waals surface area (Å²) in [6.07, 6.45) is 3.14. The van der Waals surface area contributed by atoms with Crippen LogP contribution in [-0.2, 0) is 5.41 Å². The number of carbonyl (C=O) groups excluding carboxylic acids is 1. The third-order valence-electron chi connectivity index (χ3n) is 5.82. The second-order valence-electron chi connectivity index (χ2n) is 9.79. The summed E-state index contributed by atoms with van der Waals surface area (Å²) in [6, 6.07) is 11.4. The number of nitrogens with zero attached hydrogens (tertiary/aromatic N) is 5. The van der Waals surface area contributed by atoms with E-state index in [2.05, 4.69) is 51.3 Å². The molecule has 0 fully saturated rings. The highest BCUT2D eigenvalue weighted by atomic mass is 16.5. The summed E-state index contributed by atoms with van der Waals surface area (Å²) >= 11 is 0. The van der Waals surface area contributed by atoms with Gasteiger partial charge in [0, 0.05) is 25.5 Å². The second-order valence-corrected chi connectivity index (χ2v) is 9.79. The minimum atomic E-state index is -0.247. The molecule has 186 valence electrons. The van der Waals surface area contributed by atoms with E-state index in [0.29, 0.717) is 39.8 Å². The predicted octanol–water partition coefficient (Wildman–Crippen LogP) is 5.10. The summed E-state index contributed by atoms with van der Waals surface area (Å²) in [4.78, 5) is 32.7. The average Bonchev–Trinajstić information content (AvgIpc) is 2.84. The number of hydrogen-bond acceptors (Lipinski definition) is 8. The molecule has 0 aliphatic heterocycles. The Morgan fingerprint density at radius 1 is 1.03 bits per heavy atom. The van der Waals surface area contributed by atoms with Crippen LogP contribution in [0.5, 0.6) is 5.75 Å². The summed E-state index contributed by atoms with van der Waals surface area (Å²) in [5.41, 5.74) is 5.07. The van der Waals surface area contributed by atoms with Gasteiger partial charge in [0.05, 0.1) is 18.9 Å². The van der Waals surface area contributed by atoms with E-state index in [1.54, 1.807) is 13.3 Å². The Labute approximate surface area is 211 Å². The minimum Gasteiger partial charge on any atom is -0.496 e. The zero-order valence-electron chi connectivity index (χ0n) is 21.7. The largest absolute Gasteiger partial charge is 0.496 e. The van der Waals surface area contributed by atoms with Crippen molar-refractivity contribution in [2.75, 3.05) is 36.7 Å². The Kier molecular flexibility index (Phi) is 6.74. The van der Waals surface area contributed by atoms with Crippen molar-refractivity contribution in [2.45, 2.75) is 33.1 Å². The summed E-state index contributed by atoms with van der Waals surface area (Å²) in [5, 5.41) is 6.35. The van der Waals surface area contributed by atoms with Crippen molar-refractivity contribution in [3.8, 4) is 5.75 Å². The number of nitrogens with one attached hydrogen (secondary N) is 2. The number of methoxy groups -OCH3 is 1. The first-order chi connectivity index (χ1) is 17.1. The van der Waals surface area contributed by atoms with Gasteiger partial charge < -0.3 is 20.3 Å². The lowest BCUT2D eigenvalue weighted by Gasteiger charge is -2.21. The van der Waals surface area contributed by atoms with Crippen molar-refractivity contribution >= 4 is 40.1 Å². The van der Waals surface area contributed by atoms with Crippen molar-refractivity contribution in [1.29, 1.82) is 0 Å². The smallest absolute Gasteiger partial charge is 0.259 e. The Morgan fingerprint density at radius 2 is 1.81 bits per heavy atom. The highest BCUT2D eigenvalue weighted by Gasteiger charge is 2.20. The van der Waals surface area contributed by atoms with Gasteiger partial charge in [-0.15, -0.1) is 0 Å². The zero-order chi connectivity index (χ0) is 26.0. The monoisotopic (exact) mass is 485 g/mol. The summed E-state index contributed by atoms with van der Waals surface area (Å²) in [7, 11) is 5.31. The quantitative estimate of drug-likeness (QED) is 0.389. The normalized spacial score (nSPS) is 11.3. The van der Waals surface area contributed by atoms with Crippen LogP contribution in [-0.4, -0.2) is 47.0 Å². The van der Waals surface area contributed by atoms with Crippen LogP contribution in [0.4, 0.5) is 23.1 Å². The number of aromatic nitrogens is 4. The van der Waals surface area contributed by atoms with Crippen LogP contribution >= 0.6 is 0 Å². The van der Waals surface area contributed by atoms with Gasteiger partial charge in [-0.3, -0.25) is 4.79 Å². The standard InChI is InChI=1S/C27H31N7O2/c1-16-8-10-18(31-25(35)19-12-17(27(2,3)4)9-11-22(19)36-7)13-20(16)32-24-23-21(29-15-30-24)14-28-26(33-23)34(5)6/h8-15H,1-7H3,(H,31,35)(H,29,30,32). The Bertz CT molecular complexity index is 1430. The van der Waals surface area contributed by atoms with E-state index < -0.39 is 0 Å². The molecule has 0 aliphatic carbocycles. The van der Waals surface area contributed by atoms with Gasteiger partial charge in [0.15, 0.2) is 5.82 Å². The molecule has 2 aromatic heterocycles. The van der Waals surface area contributed by atoms with Crippen LogP contribution in [0.15, 0.2) is 48.9 Å². The van der Waals surface area contributed by atoms with Crippen LogP contribution in [0.2, 0.25) is 0 Å². The van der Waals surface area contributed by atoms with Gasteiger partial charge in [0.2, 0.25) is 5.95 Å². The van der Waals surface area contributed by atoms with E-state index in [-0.39, 0.29) is 11.3 Å². The predicted molar refractivity (Wildman–Crippen MR) is 144 cm³/mol. The molecule has 0 unspecified atom stereocenters. The molecule has 9 nitrogen and oxygen atoms in total. The molecule has 0 saturated heterocycles. The summed E-state index contributed by atoms with van der Waals surface area (Å²) in [5.74, 6) is 1.39. The minimum absolute atomic E-state index is 0.0986. The van der Waals surface area contributed by atoms with Crippen molar-refractivity contribution in [3.05, 3.63) is 65.6 Å². The fourth-order valence-corrected chi connectivity index (χ4v) is 3.66. The lowest BCUT2D eigenvalue weighted by Crippen LogP contribution is -2.17. The maximum Gasteiger partial charge on any atom is 0.259 e. The van der Waals surface area contributed by atoms with E-state index in [1.807, 2.05) is 62.3 Å². The fourth-order valence-electron chi connectivity index (χ4n) is 3.66. The van der Waals surface area contributed by atoms with Crippen LogP contribution < -0.4 is 20.3 Å². The average molecular weight is 486 g/mol. The SMILES string of the molecule is COc1ccc(C(C)(C)C)cc1C(=O)Nc1ccc(C)c(Nc2ncnc3cnc(N(C)C)nc23)c1. The van der Waals surface area contributed by atoms with Crippen molar-refractivity contribution in [1.82, 2.24) is 19.9 Å². The molecule has 36 heavy (non-hydrogen) atoms. The van der Waals surface area contributed by atoms with Gasteiger partial charge in [0.25, 0.3) is 5.91 Å². The first kappa shape index (κ1) is 24.8. The molecule has 4 rings (SSSR count). The topological polar surface area (TPSA) is 105 Å². The molecule has 0 radical (unpaired) electrons. The molecule has 0 bridgehead atoms. The maximum absolute atomic E-state index is 13.2. The first-order valence-corrected chi connectivity index (χ1v) is 11.6. The summed E-state index contributed by atoms with van der Waals surface area (Å²) in [6.45, 7) is 8.31. The first-order valence-electron chi connectivity index (χ1n) is 11.6. The van der Waals surface area contributed by atoms with E-state index >= 15 is 0 Å². The van der Waals surface area contributed by atoms with Crippen LogP contribution in [0.1, 0.15) is 42.3 Å². The van der Waals surface area contributed by atoms with E-state index in [0.717, 1.165) is 16.8 Å². The van der Waals surface area contributed by atoms with Crippen molar-refractivity contribution in [2.24, 2.45) is 0 Å². The number of amides is 1. The number of anilines is 4. The zero-order valence-corrected chi connectivity index (χ0v) is 21.7. The van der Waals surface area contributed by atoms with Crippen LogP contribution in [0.3, 0.4) is 0 Å². The van der Waals surface area contributed by atoms with E-state index in [1.165, 1.54) is 6.33 Å². The summed E-state index contributed by atoms with van der Waals surface area (Å²) < 4.78 is 5.46. The fraction of sp³-hybridized carbons (Fsp3) is 0.296. The Hall–Kier alpha value is -4.27. The molecule has 2 aromatic carbocycles. The second kappa shape index (κ2) is 9.77. The highest BCUT2D eigenvalue weighted by molar-refractivity contribution is 6.06. The molecule has 2 N–H and O–H groups in total. The molecule has 1 amide bonds. The molecular formula is C27H31N7O2. The highest BCUT2D eigenvalue weighted by Crippen LogP contribution is 2.30. The molecule has 0 atom stereocenters. The van der Waals surface area contributed by atoms with Gasteiger partial charge >= 0.3 is 0 Å². The molecule has 0 spiro atoms. The third-order valence-corrected chi connectivity index (χ3v) is 5.82. The van der Waals surface area contributed by atoms with Gasteiger partial charge in [0.1, 0.15) is 23.1 Å². The lowest BCUT2D eigenvalue weighted by atomic mass is 9.86. The molecule has 0 aliphatic rings. The lowest BCUT2D eigenvalue weighted by molar-refractivity contribution is 0.102.